The van der Waals surface area contributed by atoms with Crippen molar-refractivity contribution in [2.45, 2.75) is 45.6 Å². The molecule has 0 aromatic carbocycles. The van der Waals surface area contributed by atoms with Gasteiger partial charge in [0, 0.05) is 30.9 Å². The van der Waals surface area contributed by atoms with E-state index in [1.165, 1.54) is 32.4 Å². The summed E-state index contributed by atoms with van der Waals surface area (Å²) < 4.78 is 1.76. The van der Waals surface area contributed by atoms with E-state index in [1.807, 2.05) is 13.0 Å². The van der Waals surface area contributed by atoms with Crippen LogP contribution in [0.25, 0.3) is 5.78 Å². The number of aromatic nitrogens is 4. The van der Waals surface area contributed by atoms with Crippen molar-refractivity contribution in [1.82, 2.24) is 24.5 Å². The third-order valence-corrected chi connectivity index (χ3v) is 4.25. The van der Waals surface area contributed by atoms with Gasteiger partial charge in [-0.15, -0.1) is 0 Å². The second kappa shape index (κ2) is 6.39. The maximum atomic E-state index is 4.35. The molecule has 1 N–H and O–H groups in total. The van der Waals surface area contributed by atoms with Gasteiger partial charge in [-0.25, -0.2) is 4.98 Å². The Kier molecular flexibility index (Phi) is 4.34. The molecule has 0 radical (unpaired) electrons. The normalized spacial score (nSPS) is 20.0. The third kappa shape index (κ3) is 3.32. The Morgan fingerprint density at radius 1 is 1.38 bits per heavy atom. The summed E-state index contributed by atoms with van der Waals surface area (Å²) in [5.41, 5.74) is 0.961. The number of likely N-dealkylation sites (tertiary alicyclic amines) is 1. The fraction of sp³-hybridized carbons (Fsp3) is 0.667. The van der Waals surface area contributed by atoms with Crippen molar-refractivity contribution in [3.05, 3.63) is 18.1 Å². The van der Waals surface area contributed by atoms with E-state index in [0.29, 0.717) is 5.78 Å². The molecule has 1 aliphatic rings. The second-order valence-corrected chi connectivity index (χ2v) is 5.92. The molecule has 114 valence electrons. The first-order chi connectivity index (χ1) is 10.2. The molecule has 0 aliphatic carbocycles. The van der Waals surface area contributed by atoms with Crippen molar-refractivity contribution in [1.29, 1.82) is 0 Å². The number of anilines is 1. The number of nitrogens with zero attached hydrogens (tertiary/aromatic N) is 5. The lowest BCUT2D eigenvalue weighted by molar-refractivity contribution is 0.160. The molecule has 1 atom stereocenters. The van der Waals surface area contributed by atoms with Gasteiger partial charge in [0.05, 0.1) is 0 Å². The number of rotatable bonds is 5. The molecule has 0 bridgehead atoms. The number of hydrogen-bond acceptors (Lipinski definition) is 5. The van der Waals surface area contributed by atoms with Gasteiger partial charge in [0.2, 0.25) is 0 Å². The van der Waals surface area contributed by atoms with E-state index in [0.717, 1.165) is 30.5 Å². The van der Waals surface area contributed by atoms with Gasteiger partial charge >= 0.3 is 0 Å². The zero-order chi connectivity index (χ0) is 14.7. The highest BCUT2D eigenvalue weighted by atomic mass is 15.3. The summed E-state index contributed by atoms with van der Waals surface area (Å²) in [7, 11) is 0. The van der Waals surface area contributed by atoms with Crippen molar-refractivity contribution in [2.24, 2.45) is 0 Å². The van der Waals surface area contributed by atoms with Crippen LogP contribution in [0, 0.1) is 6.92 Å². The molecule has 6 nitrogen and oxygen atoms in total. The molecule has 3 rings (SSSR count). The van der Waals surface area contributed by atoms with Gasteiger partial charge in [0.25, 0.3) is 5.78 Å². The van der Waals surface area contributed by atoms with Crippen LogP contribution in [-0.2, 0) is 0 Å². The Morgan fingerprint density at radius 2 is 2.29 bits per heavy atom. The van der Waals surface area contributed by atoms with E-state index in [2.05, 4.69) is 32.2 Å². The predicted molar refractivity (Wildman–Crippen MR) is 83.5 cm³/mol. The molecule has 1 saturated heterocycles. The summed E-state index contributed by atoms with van der Waals surface area (Å²) in [5, 5.41) is 7.67. The number of fused-ring (bicyclic) bond motifs is 1. The summed E-state index contributed by atoms with van der Waals surface area (Å²) in [6.45, 7) is 7.69. The molecule has 2 aromatic rings. The summed E-state index contributed by atoms with van der Waals surface area (Å²) in [6, 6.07) is 2.76. The first kappa shape index (κ1) is 14.3. The second-order valence-electron chi connectivity index (χ2n) is 5.92. The van der Waals surface area contributed by atoms with Gasteiger partial charge in [0.15, 0.2) is 0 Å². The van der Waals surface area contributed by atoms with Crippen molar-refractivity contribution in [2.75, 3.05) is 25.0 Å². The van der Waals surface area contributed by atoms with Gasteiger partial charge in [0.1, 0.15) is 12.1 Å². The molecule has 1 unspecified atom stereocenters. The largest absolute Gasteiger partial charge is 0.370 e. The van der Waals surface area contributed by atoms with E-state index in [-0.39, 0.29) is 0 Å². The molecule has 3 heterocycles. The lowest BCUT2D eigenvalue weighted by atomic mass is 10.0. The minimum atomic E-state index is 0.655. The van der Waals surface area contributed by atoms with Crippen LogP contribution < -0.4 is 5.32 Å². The molecule has 6 heteroatoms. The fourth-order valence-corrected chi connectivity index (χ4v) is 3.04. The predicted octanol–water partition coefficient (Wildman–Crippen LogP) is 2.11. The van der Waals surface area contributed by atoms with Crippen LogP contribution in [0.5, 0.6) is 0 Å². The third-order valence-electron chi connectivity index (χ3n) is 4.25. The topological polar surface area (TPSA) is 58.4 Å². The maximum Gasteiger partial charge on any atom is 0.254 e. The van der Waals surface area contributed by atoms with Crippen LogP contribution in [0.4, 0.5) is 5.82 Å². The Balaban J connectivity index is 1.53. The average Bonchev–Trinajstić information content (AvgIpc) is 2.93. The standard InChI is InChI=1S/C15H24N6/c1-12-10-14(21-15(19-12)17-11-18-21)16-7-5-9-20-8-4-3-6-13(20)2/h10-11,13,16H,3-9H2,1-2H3. The molecule has 1 fully saturated rings. The van der Waals surface area contributed by atoms with Crippen molar-refractivity contribution >= 4 is 11.6 Å². The lowest BCUT2D eigenvalue weighted by Gasteiger charge is -2.33. The zero-order valence-electron chi connectivity index (χ0n) is 12.9. The fourth-order valence-electron chi connectivity index (χ4n) is 3.04. The number of nitrogens with one attached hydrogen (secondary N) is 1. The van der Waals surface area contributed by atoms with Crippen LogP contribution >= 0.6 is 0 Å². The van der Waals surface area contributed by atoms with E-state index in [1.54, 1.807) is 10.8 Å². The minimum Gasteiger partial charge on any atom is -0.370 e. The Bertz CT molecular complexity index is 593. The van der Waals surface area contributed by atoms with Crippen molar-refractivity contribution in [3.63, 3.8) is 0 Å². The number of aryl methyl sites for hydroxylation is 1. The monoisotopic (exact) mass is 288 g/mol. The van der Waals surface area contributed by atoms with E-state index in [9.17, 15) is 0 Å². The Labute approximate surface area is 125 Å². The van der Waals surface area contributed by atoms with E-state index in [4.69, 9.17) is 0 Å². The molecular formula is C15H24N6. The van der Waals surface area contributed by atoms with Gasteiger partial charge in [-0.3, -0.25) is 0 Å². The Morgan fingerprint density at radius 3 is 3.14 bits per heavy atom. The highest BCUT2D eigenvalue weighted by Crippen LogP contribution is 2.16. The number of piperidine rings is 1. The zero-order valence-corrected chi connectivity index (χ0v) is 12.9. The minimum absolute atomic E-state index is 0.655. The first-order valence-electron chi connectivity index (χ1n) is 7.89. The van der Waals surface area contributed by atoms with Crippen molar-refractivity contribution < 1.29 is 0 Å². The van der Waals surface area contributed by atoms with Crippen LogP contribution in [0.3, 0.4) is 0 Å². The molecule has 0 spiro atoms. The highest BCUT2D eigenvalue weighted by molar-refractivity contribution is 5.44. The number of hydrogen-bond donors (Lipinski definition) is 1. The molecule has 1 aliphatic heterocycles. The summed E-state index contributed by atoms with van der Waals surface area (Å²) >= 11 is 0. The SMILES string of the molecule is Cc1cc(NCCCN2CCCCC2C)n2ncnc2n1. The van der Waals surface area contributed by atoms with Gasteiger partial charge in [-0.05, 0) is 39.7 Å². The quantitative estimate of drug-likeness (QED) is 0.854. The molecule has 0 saturated carbocycles. The maximum absolute atomic E-state index is 4.35. The lowest BCUT2D eigenvalue weighted by Crippen LogP contribution is -2.38. The summed E-state index contributed by atoms with van der Waals surface area (Å²) in [6.07, 6.45) is 6.76. The van der Waals surface area contributed by atoms with Crippen LogP contribution in [-0.4, -0.2) is 50.2 Å². The van der Waals surface area contributed by atoms with Gasteiger partial charge in [-0.2, -0.15) is 14.6 Å². The molecule has 21 heavy (non-hydrogen) atoms. The van der Waals surface area contributed by atoms with Crippen LogP contribution in [0.15, 0.2) is 12.4 Å². The first-order valence-corrected chi connectivity index (χ1v) is 7.89. The van der Waals surface area contributed by atoms with Crippen LogP contribution in [0.2, 0.25) is 0 Å². The summed E-state index contributed by atoms with van der Waals surface area (Å²) in [5.74, 6) is 1.63. The Hall–Kier alpha value is -1.69. The summed E-state index contributed by atoms with van der Waals surface area (Å²) in [4.78, 5) is 11.1. The van der Waals surface area contributed by atoms with E-state index >= 15 is 0 Å². The van der Waals surface area contributed by atoms with E-state index < -0.39 is 0 Å². The van der Waals surface area contributed by atoms with Gasteiger partial charge in [-0.1, -0.05) is 6.42 Å². The van der Waals surface area contributed by atoms with Crippen molar-refractivity contribution in [3.8, 4) is 0 Å². The van der Waals surface area contributed by atoms with Gasteiger partial charge < -0.3 is 10.2 Å². The molecule has 0 amide bonds. The highest BCUT2D eigenvalue weighted by Gasteiger charge is 2.17. The average molecular weight is 288 g/mol. The smallest absolute Gasteiger partial charge is 0.254 e. The molecular weight excluding hydrogens is 264 g/mol. The van der Waals surface area contributed by atoms with Crippen LogP contribution in [0.1, 0.15) is 38.3 Å². The molecule has 2 aromatic heterocycles.